The van der Waals surface area contributed by atoms with Gasteiger partial charge in [0.1, 0.15) is 16.6 Å². The van der Waals surface area contributed by atoms with Gasteiger partial charge < -0.3 is 9.84 Å². The van der Waals surface area contributed by atoms with Crippen molar-refractivity contribution in [2.45, 2.75) is 6.61 Å². The summed E-state index contributed by atoms with van der Waals surface area (Å²) in [7, 11) is 0. The molecule has 0 aliphatic carbocycles. The molecular weight excluding hydrogens is 324 g/mol. The van der Waals surface area contributed by atoms with Gasteiger partial charge in [-0.2, -0.15) is 0 Å². The van der Waals surface area contributed by atoms with Crippen LogP contribution >= 0.6 is 27.5 Å². The van der Waals surface area contributed by atoms with E-state index in [0.717, 1.165) is 0 Å². The lowest BCUT2D eigenvalue weighted by Crippen LogP contribution is -1.92. The lowest BCUT2D eigenvalue weighted by Gasteiger charge is -2.07. The van der Waals surface area contributed by atoms with Crippen molar-refractivity contribution in [1.29, 1.82) is 0 Å². The van der Waals surface area contributed by atoms with Gasteiger partial charge in [0, 0.05) is 6.20 Å². The molecule has 0 bridgehead atoms. The van der Waals surface area contributed by atoms with Crippen LogP contribution < -0.4 is 4.74 Å². The van der Waals surface area contributed by atoms with Crippen molar-refractivity contribution in [2.75, 3.05) is 0 Å². The monoisotopic (exact) mass is 331 g/mol. The van der Waals surface area contributed by atoms with E-state index in [0.29, 0.717) is 15.8 Å². The standard InChI is InChI=1S/C12H8BrClFNO2/c13-9-4-8(1-2-11(9)15)18-12-10(14)3-7(6-17)5-16-12/h1-5,17H,6H2. The molecule has 0 amide bonds. The van der Waals surface area contributed by atoms with Gasteiger partial charge in [0.25, 0.3) is 0 Å². The number of ether oxygens (including phenoxy) is 1. The molecule has 3 nitrogen and oxygen atoms in total. The number of benzene rings is 1. The summed E-state index contributed by atoms with van der Waals surface area (Å²) in [5.41, 5.74) is 0.590. The van der Waals surface area contributed by atoms with E-state index in [9.17, 15) is 4.39 Å². The fourth-order valence-corrected chi connectivity index (χ4v) is 1.86. The molecule has 18 heavy (non-hydrogen) atoms. The Morgan fingerprint density at radius 1 is 1.39 bits per heavy atom. The fourth-order valence-electron chi connectivity index (χ4n) is 1.28. The number of aliphatic hydroxyl groups is 1. The molecule has 6 heteroatoms. The van der Waals surface area contributed by atoms with Crippen LogP contribution in [0.5, 0.6) is 11.6 Å². The van der Waals surface area contributed by atoms with Crippen molar-refractivity contribution < 1.29 is 14.2 Å². The van der Waals surface area contributed by atoms with E-state index in [2.05, 4.69) is 20.9 Å². The predicted octanol–water partition coefficient (Wildman–Crippen LogP) is 3.92. The second-order valence-corrected chi connectivity index (χ2v) is 4.73. The average Bonchev–Trinajstić information content (AvgIpc) is 2.36. The maximum Gasteiger partial charge on any atom is 0.238 e. The van der Waals surface area contributed by atoms with Crippen LogP contribution in [0.3, 0.4) is 0 Å². The molecule has 2 rings (SSSR count). The molecular formula is C12H8BrClFNO2. The van der Waals surface area contributed by atoms with Crippen LogP contribution in [0.1, 0.15) is 5.56 Å². The van der Waals surface area contributed by atoms with E-state index >= 15 is 0 Å². The fraction of sp³-hybridized carbons (Fsp3) is 0.0833. The molecule has 0 spiro atoms. The van der Waals surface area contributed by atoms with E-state index in [1.54, 1.807) is 6.07 Å². The third-order valence-electron chi connectivity index (χ3n) is 2.15. The Bertz CT molecular complexity index is 580. The Morgan fingerprint density at radius 2 is 2.17 bits per heavy atom. The predicted molar refractivity (Wildman–Crippen MR) is 69.3 cm³/mol. The van der Waals surface area contributed by atoms with Gasteiger partial charge in [0.05, 0.1) is 11.1 Å². The largest absolute Gasteiger partial charge is 0.437 e. The molecule has 94 valence electrons. The van der Waals surface area contributed by atoms with Crippen molar-refractivity contribution in [3.8, 4) is 11.6 Å². The number of halogens is 3. The zero-order chi connectivity index (χ0) is 13.1. The summed E-state index contributed by atoms with van der Waals surface area (Å²) >= 11 is 9.00. The Hall–Kier alpha value is -1.17. The maximum absolute atomic E-state index is 13.0. The molecule has 0 aliphatic heterocycles. The molecule has 0 saturated heterocycles. The highest BCUT2D eigenvalue weighted by molar-refractivity contribution is 9.10. The van der Waals surface area contributed by atoms with Gasteiger partial charge in [0.15, 0.2) is 0 Å². The minimum Gasteiger partial charge on any atom is -0.437 e. The van der Waals surface area contributed by atoms with Crippen molar-refractivity contribution in [3.05, 3.63) is 51.3 Å². The molecule has 0 atom stereocenters. The van der Waals surface area contributed by atoms with E-state index in [4.69, 9.17) is 21.4 Å². The first-order chi connectivity index (χ1) is 8.60. The van der Waals surface area contributed by atoms with Crippen LogP contribution in [0.15, 0.2) is 34.9 Å². The Labute approximate surface area is 116 Å². The number of rotatable bonds is 3. The summed E-state index contributed by atoms with van der Waals surface area (Å²) in [5.74, 6) is 0.235. The smallest absolute Gasteiger partial charge is 0.238 e. The molecule has 0 unspecified atom stereocenters. The normalized spacial score (nSPS) is 10.4. The second-order valence-electron chi connectivity index (χ2n) is 3.47. The quantitative estimate of drug-likeness (QED) is 0.926. The van der Waals surface area contributed by atoms with Crippen LogP contribution in [0.25, 0.3) is 0 Å². The minimum absolute atomic E-state index is 0.144. The van der Waals surface area contributed by atoms with Crippen LogP contribution in [-0.4, -0.2) is 10.1 Å². The maximum atomic E-state index is 13.0. The number of pyridine rings is 1. The first-order valence-corrected chi connectivity index (χ1v) is 6.15. The zero-order valence-electron chi connectivity index (χ0n) is 9.03. The summed E-state index contributed by atoms with van der Waals surface area (Å²) in [5, 5.41) is 9.20. The van der Waals surface area contributed by atoms with E-state index < -0.39 is 0 Å². The van der Waals surface area contributed by atoms with Crippen LogP contribution in [0.4, 0.5) is 4.39 Å². The van der Waals surface area contributed by atoms with Gasteiger partial charge in [-0.3, -0.25) is 0 Å². The summed E-state index contributed by atoms with van der Waals surface area (Å²) in [4.78, 5) is 3.97. The molecule has 1 aromatic carbocycles. The van der Waals surface area contributed by atoms with Crippen molar-refractivity contribution in [2.24, 2.45) is 0 Å². The summed E-state index contributed by atoms with van der Waals surface area (Å²) in [6.45, 7) is -0.144. The van der Waals surface area contributed by atoms with Crippen LogP contribution in [0, 0.1) is 5.82 Å². The third kappa shape index (κ3) is 2.98. The van der Waals surface area contributed by atoms with Gasteiger partial charge in [-0.1, -0.05) is 11.6 Å². The highest BCUT2D eigenvalue weighted by Gasteiger charge is 2.08. The molecule has 0 saturated carbocycles. The Kier molecular flexibility index (Phi) is 4.16. The van der Waals surface area contributed by atoms with Crippen molar-refractivity contribution >= 4 is 27.5 Å². The van der Waals surface area contributed by atoms with E-state index in [-0.39, 0.29) is 23.3 Å². The molecule has 1 heterocycles. The van der Waals surface area contributed by atoms with E-state index in [1.165, 1.54) is 24.4 Å². The number of hydrogen-bond acceptors (Lipinski definition) is 3. The minimum atomic E-state index is -0.378. The topological polar surface area (TPSA) is 42.4 Å². The average molecular weight is 333 g/mol. The Morgan fingerprint density at radius 3 is 2.78 bits per heavy atom. The molecule has 0 fully saturated rings. The van der Waals surface area contributed by atoms with Crippen LogP contribution in [0.2, 0.25) is 5.02 Å². The van der Waals surface area contributed by atoms with Crippen molar-refractivity contribution in [1.82, 2.24) is 4.98 Å². The van der Waals surface area contributed by atoms with Gasteiger partial charge in [-0.05, 0) is 45.8 Å². The Balaban J connectivity index is 2.25. The summed E-state index contributed by atoms with van der Waals surface area (Å²) in [6.07, 6.45) is 1.46. The number of nitrogens with zero attached hydrogens (tertiary/aromatic N) is 1. The number of hydrogen-bond donors (Lipinski definition) is 1. The first-order valence-electron chi connectivity index (χ1n) is 4.98. The molecule has 1 aromatic heterocycles. The zero-order valence-corrected chi connectivity index (χ0v) is 11.4. The lowest BCUT2D eigenvalue weighted by atomic mass is 10.3. The molecule has 2 aromatic rings. The highest BCUT2D eigenvalue weighted by Crippen LogP contribution is 2.30. The molecule has 0 radical (unpaired) electrons. The highest BCUT2D eigenvalue weighted by atomic mass is 79.9. The summed E-state index contributed by atoms with van der Waals surface area (Å²) in [6, 6.07) is 5.78. The summed E-state index contributed by atoms with van der Waals surface area (Å²) < 4.78 is 18.8. The van der Waals surface area contributed by atoms with Gasteiger partial charge >= 0.3 is 0 Å². The second kappa shape index (κ2) is 5.65. The number of aliphatic hydroxyl groups excluding tert-OH is 1. The first kappa shape index (κ1) is 13.3. The van der Waals surface area contributed by atoms with E-state index in [1.807, 2.05) is 0 Å². The van der Waals surface area contributed by atoms with Crippen LogP contribution in [-0.2, 0) is 6.61 Å². The van der Waals surface area contributed by atoms with Crippen molar-refractivity contribution in [3.63, 3.8) is 0 Å². The van der Waals surface area contributed by atoms with Gasteiger partial charge in [-0.15, -0.1) is 0 Å². The lowest BCUT2D eigenvalue weighted by molar-refractivity contribution is 0.281. The van der Waals surface area contributed by atoms with Gasteiger partial charge in [-0.25, -0.2) is 9.37 Å². The van der Waals surface area contributed by atoms with Gasteiger partial charge in [0.2, 0.25) is 5.88 Å². The number of aromatic nitrogens is 1. The molecule has 0 aliphatic rings. The molecule has 1 N–H and O–H groups in total. The third-order valence-corrected chi connectivity index (χ3v) is 3.03. The SMILES string of the molecule is OCc1cnc(Oc2ccc(F)c(Br)c2)c(Cl)c1.